The number of halogens is 1. The molecule has 5 nitrogen and oxygen atoms in total. The van der Waals surface area contributed by atoms with Crippen molar-refractivity contribution in [2.45, 2.75) is 38.1 Å². The van der Waals surface area contributed by atoms with Crippen LogP contribution in [0.1, 0.15) is 52.7 Å². The number of aromatic nitrogens is 1. The standard InChI is InChI=1S/C22H26FN3O2/c1-15-8-13-26(19-6-10-24-11-7-19)22(28)20(15)21(27)25-12-9-17(14-25)16-2-4-18(23)5-3-16/h2-5,8,13,17,19,24H,6-7,9-12,14H2,1H3. The van der Waals surface area contributed by atoms with Crippen molar-refractivity contribution in [3.8, 4) is 0 Å². The number of hydrogen-bond donors (Lipinski definition) is 1. The minimum Gasteiger partial charge on any atom is -0.338 e. The predicted molar refractivity (Wildman–Crippen MR) is 106 cm³/mol. The van der Waals surface area contributed by atoms with Gasteiger partial charge >= 0.3 is 0 Å². The van der Waals surface area contributed by atoms with Gasteiger partial charge in [-0.25, -0.2) is 4.39 Å². The van der Waals surface area contributed by atoms with Crippen LogP contribution in [0.4, 0.5) is 4.39 Å². The molecule has 2 aliphatic heterocycles. The highest BCUT2D eigenvalue weighted by molar-refractivity contribution is 5.95. The fraction of sp³-hybridized carbons (Fsp3) is 0.455. The SMILES string of the molecule is Cc1ccn(C2CCNCC2)c(=O)c1C(=O)N1CCC(c2ccc(F)cc2)C1. The Morgan fingerprint density at radius 1 is 1.11 bits per heavy atom. The van der Waals surface area contributed by atoms with Crippen LogP contribution < -0.4 is 10.9 Å². The first kappa shape index (κ1) is 18.9. The zero-order valence-electron chi connectivity index (χ0n) is 16.2. The second-order valence-electron chi connectivity index (χ2n) is 7.86. The molecule has 0 saturated carbocycles. The second-order valence-corrected chi connectivity index (χ2v) is 7.86. The Bertz CT molecular complexity index is 916. The largest absolute Gasteiger partial charge is 0.338 e. The number of rotatable bonds is 3. The molecule has 2 saturated heterocycles. The van der Waals surface area contributed by atoms with Crippen LogP contribution in [-0.2, 0) is 0 Å². The summed E-state index contributed by atoms with van der Waals surface area (Å²) in [5.41, 5.74) is 1.88. The third kappa shape index (κ3) is 3.61. The van der Waals surface area contributed by atoms with E-state index in [9.17, 15) is 14.0 Å². The van der Waals surface area contributed by atoms with Crippen molar-refractivity contribution in [3.63, 3.8) is 0 Å². The van der Waals surface area contributed by atoms with E-state index < -0.39 is 0 Å². The van der Waals surface area contributed by atoms with Crippen molar-refractivity contribution in [1.29, 1.82) is 0 Å². The molecule has 1 amide bonds. The van der Waals surface area contributed by atoms with E-state index >= 15 is 0 Å². The summed E-state index contributed by atoms with van der Waals surface area (Å²) < 4.78 is 14.9. The summed E-state index contributed by atoms with van der Waals surface area (Å²) in [4.78, 5) is 28.1. The summed E-state index contributed by atoms with van der Waals surface area (Å²) in [6.45, 7) is 4.78. The first-order chi connectivity index (χ1) is 13.5. The molecule has 2 fully saturated rings. The van der Waals surface area contributed by atoms with Crippen molar-refractivity contribution >= 4 is 5.91 Å². The summed E-state index contributed by atoms with van der Waals surface area (Å²) in [6, 6.07) is 8.51. The molecule has 1 aromatic heterocycles. The molecule has 2 aromatic rings. The highest BCUT2D eigenvalue weighted by Gasteiger charge is 2.31. The predicted octanol–water partition coefficient (Wildman–Crippen LogP) is 2.85. The number of hydrogen-bond acceptors (Lipinski definition) is 3. The van der Waals surface area contributed by atoms with Crippen LogP contribution in [0, 0.1) is 12.7 Å². The molecule has 148 valence electrons. The maximum atomic E-state index is 13.2. The number of benzene rings is 1. The summed E-state index contributed by atoms with van der Waals surface area (Å²) in [5.74, 6) is -0.260. The van der Waals surface area contributed by atoms with Gasteiger partial charge in [-0.3, -0.25) is 9.59 Å². The molecule has 0 radical (unpaired) electrons. The number of aryl methyl sites for hydroxylation is 1. The van der Waals surface area contributed by atoms with Crippen LogP contribution in [-0.4, -0.2) is 41.6 Å². The number of piperidine rings is 1. The normalized spacial score (nSPS) is 20.5. The van der Waals surface area contributed by atoms with Gasteiger partial charge in [0.1, 0.15) is 11.4 Å². The Kier molecular flexibility index (Phi) is 5.31. The molecule has 1 N–H and O–H groups in total. The summed E-state index contributed by atoms with van der Waals surface area (Å²) in [7, 11) is 0. The number of likely N-dealkylation sites (tertiary alicyclic amines) is 1. The molecule has 28 heavy (non-hydrogen) atoms. The zero-order valence-corrected chi connectivity index (χ0v) is 16.2. The molecule has 2 aliphatic rings. The number of pyridine rings is 1. The lowest BCUT2D eigenvalue weighted by Gasteiger charge is -2.26. The van der Waals surface area contributed by atoms with Crippen LogP contribution in [0.5, 0.6) is 0 Å². The minimum atomic E-state index is -0.256. The Balaban J connectivity index is 1.56. The molecule has 1 aromatic carbocycles. The fourth-order valence-electron chi connectivity index (χ4n) is 4.38. The lowest BCUT2D eigenvalue weighted by atomic mass is 9.98. The van der Waals surface area contributed by atoms with E-state index in [4.69, 9.17) is 0 Å². The Labute approximate surface area is 164 Å². The molecule has 0 aliphatic carbocycles. The maximum absolute atomic E-state index is 13.2. The minimum absolute atomic E-state index is 0.145. The Hall–Kier alpha value is -2.47. The van der Waals surface area contributed by atoms with E-state index in [2.05, 4.69) is 5.32 Å². The van der Waals surface area contributed by atoms with Crippen molar-refractivity contribution in [2.75, 3.05) is 26.2 Å². The molecule has 3 heterocycles. The quantitative estimate of drug-likeness (QED) is 0.887. The van der Waals surface area contributed by atoms with E-state index in [1.54, 1.807) is 21.6 Å². The van der Waals surface area contributed by atoms with Gasteiger partial charge in [-0.05, 0) is 68.6 Å². The van der Waals surface area contributed by atoms with Crippen LogP contribution in [0.3, 0.4) is 0 Å². The Morgan fingerprint density at radius 3 is 2.54 bits per heavy atom. The monoisotopic (exact) mass is 383 g/mol. The fourth-order valence-corrected chi connectivity index (χ4v) is 4.38. The number of carbonyl (C=O) groups excluding carboxylic acids is 1. The number of carbonyl (C=O) groups is 1. The first-order valence-corrected chi connectivity index (χ1v) is 10.0. The second kappa shape index (κ2) is 7.87. The van der Waals surface area contributed by atoms with Gasteiger partial charge in [0.25, 0.3) is 11.5 Å². The average molecular weight is 383 g/mol. The van der Waals surface area contributed by atoms with Crippen molar-refractivity contribution < 1.29 is 9.18 Å². The van der Waals surface area contributed by atoms with Crippen molar-refractivity contribution in [3.05, 3.63) is 69.4 Å². The third-order valence-corrected chi connectivity index (χ3v) is 6.06. The zero-order chi connectivity index (χ0) is 19.7. The highest BCUT2D eigenvalue weighted by Crippen LogP contribution is 2.28. The van der Waals surface area contributed by atoms with Gasteiger partial charge in [0, 0.05) is 31.2 Å². The summed E-state index contributed by atoms with van der Waals surface area (Å²) in [6.07, 6.45) is 4.45. The van der Waals surface area contributed by atoms with E-state index in [1.807, 2.05) is 19.2 Å². The lowest BCUT2D eigenvalue weighted by molar-refractivity contribution is 0.0787. The van der Waals surface area contributed by atoms with E-state index in [0.717, 1.165) is 43.5 Å². The molecule has 1 atom stereocenters. The van der Waals surface area contributed by atoms with Gasteiger partial charge in [-0.15, -0.1) is 0 Å². The van der Waals surface area contributed by atoms with Gasteiger partial charge in [-0.2, -0.15) is 0 Å². The summed E-state index contributed by atoms with van der Waals surface area (Å²) in [5, 5.41) is 3.31. The molecule has 4 rings (SSSR count). The molecule has 0 spiro atoms. The molecule has 6 heteroatoms. The first-order valence-electron chi connectivity index (χ1n) is 10.0. The van der Waals surface area contributed by atoms with E-state index in [1.165, 1.54) is 12.1 Å². The van der Waals surface area contributed by atoms with Gasteiger partial charge in [-0.1, -0.05) is 12.1 Å². The third-order valence-electron chi connectivity index (χ3n) is 6.06. The Morgan fingerprint density at radius 2 is 1.82 bits per heavy atom. The highest BCUT2D eigenvalue weighted by atomic mass is 19.1. The summed E-state index contributed by atoms with van der Waals surface area (Å²) >= 11 is 0. The smallest absolute Gasteiger partial charge is 0.263 e. The lowest BCUT2D eigenvalue weighted by Crippen LogP contribution is -2.39. The number of nitrogens with zero attached hydrogens (tertiary/aromatic N) is 2. The van der Waals surface area contributed by atoms with Crippen LogP contribution in [0.2, 0.25) is 0 Å². The molecule has 1 unspecified atom stereocenters. The number of nitrogens with one attached hydrogen (secondary N) is 1. The van der Waals surface area contributed by atoms with Crippen LogP contribution >= 0.6 is 0 Å². The molecular formula is C22H26FN3O2. The average Bonchev–Trinajstić information content (AvgIpc) is 3.19. The topological polar surface area (TPSA) is 54.3 Å². The van der Waals surface area contributed by atoms with Crippen molar-refractivity contribution in [2.24, 2.45) is 0 Å². The van der Waals surface area contributed by atoms with Gasteiger partial charge in [0.15, 0.2) is 0 Å². The maximum Gasteiger partial charge on any atom is 0.263 e. The van der Waals surface area contributed by atoms with E-state index in [-0.39, 0.29) is 29.2 Å². The van der Waals surface area contributed by atoms with Crippen LogP contribution in [0.15, 0.2) is 41.3 Å². The number of amides is 1. The van der Waals surface area contributed by atoms with Crippen molar-refractivity contribution in [1.82, 2.24) is 14.8 Å². The van der Waals surface area contributed by atoms with Gasteiger partial charge in [0.05, 0.1) is 0 Å². The molecule has 0 bridgehead atoms. The van der Waals surface area contributed by atoms with Gasteiger partial charge < -0.3 is 14.8 Å². The van der Waals surface area contributed by atoms with Crippen LogP contribution in [0.25, 0.3) is 0 Å². The molecular weight excluding hydrogens is 357 g/mol. The van der Waals surface area contributed by atoms with E-state index in [0.29, 0.717) is 18.7 Å². The van der Waals surface area contributed by atoms with Gasteiger partial charge in [0.2, 0.25) is 0 Å².